The summed E-state index contributed by atoms with van der Waals surface area (Å²) >= 11 is 0. The normalized spacial score (nSPS) is 20.0. The minimum atomic E-state index is -0.409. The van der Waals surface area contributed by atoms with Crippen LogP contribution in [0.2, 0.25) is 0 Å². The van der Waals surface area contributed by atoms with Crippen LogP contribution in [-0.4, -0.2) is 27.3 Å². The van der Waals surface area contributed by atoms with Gasteiger partial charge in [0, 0.05) is 17.7 Å². The Balaban J connectivity index is 1.76. The fourth-order valence-electron chi connectivity index (χ4n) is 2.67. The molecule has 0 bridgehead atoms. The van der Waals surface area contributed by atoms with Crippen molar-refractivity contribution >= 4 is 17.7 Å². The third kappa shape index (κ3) is 1.92. The molecule has 4 rings (SSSR count). The van der Waals surface area contributed by atoms with Crippen molar-refractivity contribution in [3.05, 3.63) is 57.5 Å². The fourth-order valence-corrected chi connectivity index (χ4v) is 2.67. The molecule has 0 amide bonds. The fraction of sp³-hybridized carbons (Fsp3) is 0.214. The molecule has 1 fully saturated rings. The molecule has 0 radical (unpaired) electrons. The molecule has 1 aliphatic carbocycles. The van der Waals surface area contributed by atoms with Gasteiger partial charge < -0.3 is 0 Å². The number of nitro benzene ring substituents is 1. The molecule has 3 N–H and O–H groups in total. The summed E-state index contributed by atoms with van der Waals surface area (Å²) in [7, 11) is 0. The number of nitrogens with zero attached hydrogens (tertiary/aromatic N) is 4. The summed E-state index contributed by atoms with van der Waals surface area (Å²) in [5.74, 6) is 6.02. The molecule has 2 heterocycles. The van der Waals surface area contributed by atoms with Crippen molar-refractivity contribution in [3.8, 4) is 0 Å². The summed E-state index contributed by atoms with van der Waals surface area (Å²) < 4.78 is 0. The van der Waals surface area contributed by atoms with Gasteiger partial charge >= 0.3 is 0 Å². The maximum absolute atomic E-state index is 10.8. The van der Waals surface area contributed by atoms with Gasteiger partial charge in [0.15, 0.2) is 0 Å². The van der Waals surface area contributed by atoms with Crippen LogP contribution in [0, 0.1) is 10.1 Å². The summed E-state index contributed by atoms with van der Waals surface area (Å²) in [5.41, 5.74) is 6.87. The summed E-state index contributed by atoms with van der Waals surface area (Å²) in [6, 6.07) is 6.87. The number of benzene rings is 1. The zero-order valence-corrected chi connectivity index (χ0v) is 11.6. The number of fused-ring (bicyclic) bond motifs is 1. The first kappa shape index (κ1) is 12.8. The quantitative estimate of drug-likeness (QED) is 0.496. The van der Waals surface area contributed by atoms with E-state index in [1.165, 1.54) is 17.1 Å². The van der Waals surface area contributed by atoms with Gasteiger partial charge in [-0.3, -0.25) is 25.6 Å². The van der Waals surface area contributed by atoms with E-state index in [0.29, 0.717) is 6.04 Å². The van der Waals surface area contributed by atoms with E-state index < -0.39 is 4.92 Å². The smallest absolute Gasteiger partial charge is 0.269 e. The molecule has 8 nitrogen and oxygen atoms in total. The van der Waals surface area contributed by atoms with Crippen molar-refractivity contribution in [2.24, 2.45) is 10.8 Å². The molecule has 0 spiro atoms. The molecule has 1 aromatic carbocycles. The van der Waals surface area contributed by atoms with Gasteiger partial charge in [0.25, 0.3) is 5.69 Å². The predicted octanol–water partition coefficient (Wildman–Crippen LogP) is 1.31. The summed E-state index contributed by atoms with van der Waals surface area (Å²) in [5, 5.41) is 14.3. The summed E-state index contributed by atoms with van der Waals surface area (Å²) in [4.78, 5) is 14.5. The second-order valence-corrected chi connectivity index (χ2v) is 5.43. The minimum absolute atomic E-state index is 0.0666. The monoisotopic (exact) mass is 298 g/mol. The van der Waals surface area contributed by atoms with Gasteiger partial charge in [-0.1, -0.05) is 0 Å². The van der Waals surface area contributed by atoms with E-state index in [4.69, 9.17) is 5.84 Å². The average molecular weight is 298 g/mol. The highest BCUT2D eigenvalue weighted by atomic mass is 16.6. The highest BCUT2D eigenvalue weighted by Gasteiger charge is 2.40. The number of rotatable bonds is 3. The van der Waals surface area contributed by atoms with Gasteiger partial charge in [-0.25, -0.2) is 10.8 Å². The van der Waals surface area contributed by atoms with Crippen molar-refractivity contribution in [2.75, 3.05) is 0 Å². The third-order valence-corrected chi connectivity index (χ3v) is 3.90. The molecule has 1 aromatic rings. The Hall–Kier alpha value is -2.87. The lowest BCUT2D eigenvalue weighted by atomic mass is 10.1. The number of aliphatic imine (C=N–C) groups is 1. The predicted molar refractivity (Wildman–Crippen MR) is 80.6 cm³/mol. The molecule has 0 saturated heterocycles. The van der Waals surface area contributed by atoms with Crippen LogP contribution in [0.5, 0.6) is 0 Å². The van der Waals surface area contributed by atoms with Gasteiger partial charge in [0.2, 0.25) is 0 Å². The van der Waals surface area contributed by atoms with E-state index in [9.17, 15) is 10.1 Å². The molecular weight excluding hydrogens is 284 g/mol. The zero-order valence-electron chi connectivity index (χ0n) is 11.6. The lowest BCUT2D eigenvalue weighted by Crippen LogP contribution is -2.35. The van der Waals surface area contributed by atoms with Crippen molar-refractivity contribution in [1.82, 2.24) is 15.4 Å². The van der Waals surface area contributed by atoms with Crippen LogP contribution in [0.3, 0.4) is 0 Å². The van der Waals surface area contributed by atoms with E-state index in [1.54, 1.807) is 24.7 Å². The van der Waals surface area contributed by atoms with Crippen LogP contribution >= 0.6 is 0 Å². The topological polar surface area (TPSA) is 100 Å². The first-order chi connectivity index (χ1) is 10.6. The Bertz CT molecular complexity index is 732. The maximum Gasteiger partial charge on any atom is 0.269 e. The second kappa shape index (κ2) is 4.57. The van der Waals surface area contributed by atoms with Crippen molar-refractivity contribution in [3.63, 3.8) is 0 Å². The number of nitrogens with two attached hydrogens (primary N) is 1. The number of nitrogens with one attached hydrogen (secondary N) is 1. The average Bonchev–Trinajstić information content (AvgIpc) is 3.28. The molecule has 0 unspecified atom stereocenters. The second-order valence-electron chi connectivity index (χ2n) is 5.43. The van der Waals surface area contributed by atoms with Crippen LogP contribution < -0.4 is 11.3 Å². The number of hydrogen-bond donors (Lipinski definition) is 2. The molecule has 1 saturated carbocycles. The Morgan fingerprint density at radius 3 is 2.68 bits per heavy atom. The number of nitro groups is 1. The van der Waals surface area contributed by atoms with Gasteiger partial charge in [-0.05, 0) is 25.0 Å². The van der Waals surface area contributed by atoms with Gasteiger partial charge in [-0.2, -0.15) is 0 Å². The van der Waals surface area contributed by atoms with Gasteiger partial charge in [0.1, 0.15) is 17.7 Å². The molecule has 0 atom stereocenters. The first-order valence-corrected chi connectivity index (χ1v) is 6.98. The van der Waals surface area contributed by atoms with Crippen molar-refractivity contribution in [2.45, 2.75) is 18.9 Å². The van der Waals surface area contributed by atoms with E-state index in [2.05, 4.69) is 15.4 Å². The van der Waals surface area contributed by atoms with Gasteiger partial charge in [-0.15, -0.1) is 0 Å². The number of hydrogen-bond acceptors (Lipinski definition) is 7. The molecule has 112 valence electrons. The zero-order chi connectivity index (χ0) is 15.3. The van der Waals surface area contributed by atoms with Crippen LogP contribution in [0.15, 0.2) is 46.9 Å². The largest absolute Gasteiger partial charge is 0.295 e. The summed E-state index contributed by atoms with van der Waals surface area (Å²) in [6.07, 6.45) is 5.57. The molecule has 22 heavy (non-hydrogen) atoms. The Kier molecular flexibility index (Phi) is 2.67. The molecular formula is C14H14N6O2. The van der Waals surface area contributed by atoms with Crippen molar-refractivity contribution in [1.29, 1.82) is 0 Å². The first-order valence-electron chi connectivity index (χ1n) is 6.98. The molecule has 8 heteroatoms. The van der Waals surface area contributed by atoms with Crippen LogP contribution in [0.1, 0.15) is 18.4 Å². The lowest BCUT2D eigenvalue weighted by molar-refractivity contribution is -0.384. The Morgan fingerprint density at radius 2 is 2.05 bits per heavy atom. The van der Waals surface area contributed by atoms with E-state index in [-0.39, 0.29) is 5.69 Å². The van der Waals surface area contributed by atoms with E-state index in [1.807, 2.05) is 0 Å². The highest BCUT2D eigenvalue weighted by molar-refractivity contribution is 5.78. The van der Waals surface area contributed by atoms with Crippen molar-refractivity contribution < 1.29 is 4.92 Å². The van der Waals surface area contributed by atoms with Crippen LogP contribution in [-0.2, 0) is 0 Å². The minimum Gasteiger partial charge on any atom is -0.295 e. The molecule has 3 aliphatic rings. The maximum atomic E-state index is 10.8. The lowest BCUT2D eigenvalue weighted by Gasteiger charge is -2.24. The Morgan fingerprint density at radius 1 is 1.32 bits per heavy atom. The molecule has 0 aromatic heterocycles. The molecule has 2 aliphatic heterocycles. The summed E-state index contributed by atoms with van der Waals surface area (Å²) in [6.45, 7) is 0. The van der Waals surface area contributed by atoms with Crippen LogP contribution in [0.4, 0.5) is 5.69 Å². The van der Waals surface area contributed by atoms with Crippen LogP contribution in [0.25, 0.3) is 5.70 Å². The third-order valence-electron chi connectivity index (χ3n) is 3.90. The van der Waals surface area contributed by atoms with Gasteiger partial charge in [0.05, 0.1) is 22.9 Å². The SMILES string of the molecule is NN1C=NC=C2C1=C(c1ccc([N+](=O)[O-])cc1)NN2C1CC1. The van der Waals surface area contributed by atoms with E-state index >= 15 is 0 Å². The highest BCUT2D eigenvalue weighted by Crippen LogP contribution is 2.39. The Labute approximate surface area is 126 Å². The van der Waals surface area contributed by atoms with E-state index in [0.717, 1.165) is 35.5 Å². The number of hydrazine groups is 2. The number of non-ortho nitro benzene ring substituents is 1. The standard InChI is InChI=1S/C14H14N6O2/c15-18-8-16-7-12-14(18)13(17-19(12)10-5-6-10)9-1-3-11(4-2-9)20(21)22/h1-4,7-8,10,17H,5-6,15H2.